The van der Waals surface area contributed by atoms with E-state index < -0.39 is 23.5 Å². The number of carbonyl (C=O) groups excluding carboxylic acids is 1. The zero-order valence-electron chi connectivity index (χ0n) is 16.3. The fourth-order valence-corrected chi connectivity index (χ4v) is 3.59. The van der Waals surface area contributed by atoms with Crippen molar-refractivity contribution >= 4 is 28.5 Å². The van der Waals surface area contributed by atoms with E-state index in [-0.39, 0.29) is 23.0 Å². The van der Waals surface area contributed by atoms with Crippen molar-refractivity contribution in [1.82, 2.24) is 19.2 Å². The van der Waals surface area contributed by atoms with Crippen LogP contribution in [0.3, 0.4) is 0 Å². The number of carbonyl (C=O) groups is 2. The van der Waals surface area contributed by atoms with Gasteiger partial charge in [-0.3, -0.25) is 9.59 Å². The monoisotopic (exact) mass is 406 g/mol. The Balaban J connectivity index is 1.94. The van der Waals surface area contributed by atoms with E-state index in [0.29, 0.717) is 16.8 Å². The van der Waals surface area contributed by atoms with Gasteiger partial charge in [0.1, 0.15) is 5.56 Å². The average molecular weight is 406 g/mol. The summed E-state index contributed by atoms with van der Waals surface area (Å²) in [7, 11) is 1.27. The molecule has 152 valence electrons. The van der Waals surface area contributed by atoms with E-state index in [1.165, 1.54) is 22.4 Å². The highest BCUT2D eigenvalue weighted by molar-refractivity contribution is 5.98. The lowest BCUT2D eigenvalue weighted by Crippen LogP contribution is -2.27. The second kappa shape index (κ2) is 7.43. The van der Waals surface area contributed by atoms with Crippen molar-refractivity contribution in [3.8, 4) is 0 Å². The predicted octanol–water partition coefficient (Wildman–Crippen LogP) is 2.20. The summed E-state index contributed by atoms with van der Waals surface area (Å²) in [5.41, 5.74) is 1.72. The Hall–Kier alpha value is -4.01. The summed E-state index contributed by atoms with van der Waals surface area (Å²) in [6.45, 7) is 1.66. The molecule has 1 atom stereocenters. The minimum atomic E-state index is -1.02. The lowest BCUT2D eigenvalue weighted by Gasteiger charge is -2.19. The summed E-state index contributed by atoms with van der Waals surface area (Å²) in [6, 6.07) is 9.96. The second-order valence-corrected chi connectivity index (χ2v) is 6.80. The maximum atomic E-state index is 13.2. The first-order valence-corrected chi connectivity index (χ1v) is 9.16. The number of ether oxygens (including phenoxy) is 1. The maximum absolute atomic E-state index is 13.2. The van der Waals surface area contributed by atoms with Crippen LogP contribution in [0.5, 0.6) is 0 Å². The van der Waals surface area contributed by atoms with Crippen molar-refractivity contribution in [3.63, 3.8) is 0 Å². The molecular weight excluding hydrogens is 388 g/mol. The molecule has 0 aliphatic heterocycles. The van der Waals surface area contributed by atoms with Crippen molar-refractivity contribution in [2.45, 2.75) is 19.4 Å². The number of aliphatic carboxylic acids is 1. The van der Waals surface area contributed by atoms with E-state index in [4.69, 9.17) is 4.74 Å². The summed E-state index contributed by atoms with van der Waals surface area (Å²) < 4.78 is 7.62. The summed E-state index contributed by atoms with van der Waals surface area (Å²) in [4.78, 5) is 41.0. The van der Waals surface area contributed by atoms with Gasteiger partial charge < -0.3 is 14.4 Å². The summed E-state index contributed by atoms with van der Waals surface area (Å²) in [5, 5.41) is 14.0. The van der Waals surface area contributed by atoms with Crippen molar-refractivity contribution in [3.05, 3.63) is 76.0 Å². The van der Waals surface area contributed by atoms with E-state index >= 15 is 0 Å². The van der Waals surface area contributed by atoms with Crippen molar-refractivity contribution in [2.24, 2.45) is 0 Å². The third-order valence-electron chi connectivity index (χ3n) is 4.99. The molecule has 0 saturated carbocycles. The molecule has 1 N–H and O–H groups in total. The number of carboxylic acids is 1. The zero-order chi connectivity index (χ0) is 21.4. The molecular formula is C21H18N4O5. The van der Waals surface area contributed by atoms with Crippen LogP contribution in [0.2, 0.25) is 0 Å². The maximum Gasteiger partial charge on any atom is 0.343 e. The number of pyridine rings is 1. The third kappa shape index (κ3) is 3.10. The SMILES string of the molecule is COC(=O)c1c(C)nn2c1ncc1c(=O)n(C(CC(=O)O)c3ccccc3)ccc12. The van der Waals surface area contributed by atoms with Gasteiger partial charge in [-0.05, 0) is 18.6 Å². The van der Waals surface area contributed by atoms with Crippen LogP contribution < -0.4 is 5.56 Å². The predicted molar refractivity (Wildman–Crippen MR) is 108 cm³/mol. The largest absolute Gasteiger partial charge is 0.481 e. The quantitative estimate of drug-likeness (QED) is 0.505. The molecule has 1 unspecified atom stereocenters. The Morgan fingerprint density at radius 1 is 1.20 bits per heavy atom. The summed E-state index contributed by atoms with van der Waals surface area (Å²) in [5.74, 6) is -1.58. The first-order chi connectivity index (χ1) is 14.4. The normalized spacial score (nSPS) is 12.2. The van der Waals surface area contributed by atoms with Gasteiger partial charge in [0.25, 0.3) is 5.56 Å². The zero-order valence-corrected chi connectivity index (χ0v) is 16.3. The van der Waals surface area contributed by atoms with Crippen molar-refractivity contribution in [2.75, 3.05) is 7.11 Å². The molecule has 4 rings (SSSR count). The van der Waals surface area contributed by atoms with Gasteiger partial charge in [0, 0.05) is 12.4 Å². The second-order valence-electron chi connectivity index (χ2n) is 6.80. The summed E-state index contributed by atoms with van der Waals surface area (Å²) in [6.07, 6.45) is 2.66. The Kier molecular flexibility index (Phi) is 4.78. The molecule has 0 amide bonds. The first kappa shape index (κ1) is 19.3. The number of rotatable bonds is 5. The average Bonchev–Trinajstić information content (AvgIpc) is 3.08. The topological polar surface area (TPSA) is 116 Å². The number of fused-ring (bicyclic) bond motifs is 3. The standard InChI is InChI=1S/C21H18N4O5/c1-12-18(21(29)30-2)19-22-11-14-15(25(19)23-12)8-9-24(20(14)28)16(10-17(26)27)13-6-4-3-5-7-13/h3-9,11,16H,10H2,1-2H3,(H,26,27). The van der Waals surface area contributed by atoms with Gasteiger partial charge in [-0.1, -0.05) is 30.3 Å². The molecule has 0 spiro atoms. The molecule has 0 aliphatic rings. The minimum absolute atomic E-state index is 0.233. The van der Waals surface area contributed by atoms with Crippen LogP contribution in [0.4, 0.5) is 0 Å². The lowest BCUT2D eigenvalue weighted by molar-refractivity contribution is -0.137. The number of aryl methyl sites for hydroxylation is 1. The van der Waals surface area contributed by atoms with E-state index in [2.05, 4.69) is 10.1 Å². The van der Waals surface area contributed by atoms with Crippen LogP contribution in [0, 0.1) is 6.92 Å². The fourth-order valence-electron chi connectivity index (χ4n) is 3.59. The molecule has 0 radical (unpaired) electrons. The first-order valence-electron chi connectivity index (χ1n) is 9.16. The van der Waals surface area contributed by atoms with Gasteiger partial charge in [-0.2, -0.15) is 5.10 Å². The van der Waals surface area contributed by atoms with Gasteiger partial charge in [0.05, 0.1) is 36.2 Å². The molecule has 1 aromatic carbocycles. The third-order valence-corrected chi connectivity index (χ3v) is 4.99. The Bertz CT molecular complexity index is 1340. The number of nitrogens with zero attached hydrogens (tertiary/aromatic N) is 4. The number of benzene rings is 1. The lowest BCUT2D eigenvalue weighted by atomic mass is 10.0. The highest BCUT2D eigenvalue weighted by Gasteiger charge is 2.23. The molecule has 3 heterocycles. The molecule has 0 bridgehead atoms. The highest BCUT2D eigenvalue weighted by Crippen LogP contribution is 2.23. The molecule has 4 aromatic rings. The van der Waals surface area contributed by atoms with Gasteiger partial charge in [0.15, 0.2) is 5.65 Å². The van der Waals surface area contributed by atoms with E-state index in [9.17, 15) is 19.5 Å². The molecule has 30 heavy (non-hydrogen) atoms. The fraction of sp³-hybridized carbons (Fsp3) is 0.190. The number of carboxylic acid groups (broad SMARTS) is 1. The molecule has 3 aromatic heterocycles. The Labute approximate surface area is 170 Å². The van der Waals surface area contributed by atoms with Crippen molar-refractivity contribution in [1.29, 1.82) is 0 Å². The van der Waals surface area contributed by atoms with Crippen LogP contribution >= 0.6 is 0 Å². The Morgan fingerprint density at radius 2 is 1.93 bits per heavy atom. The smallest absolute Gasteiger partial charge is 0.343 e. The van der Waals surface area contributed by atoms with E-state index in [1.54, 1.807) is 43.5 Å². The molecule has 0 saturated heterocycles. The van der Waals surface area contributed by atoms with Crippen LogP contribution in [0.1, 0.15) is 34.1 Å². The number of hydrogen-bond acceptors (Lipinski definition) is 6. The van der Waals surface area contributed by atoms with Crippen LogP contribution in [0.15, 0.2) is 53.6 Å². The van der Waals surface area contributed by atoms with Crippen LogP contribution in [0.25, 0.3) is 16.6 Å². The minimum Gasteiger partial charge on any atom is -0.481 e. The number of hydrogen-bond donors (Lipinski definition) is 1. The van der Waals surface area contributed by atoms with Gasteiger partial charge >= 0.3 is 11.9 Å². The Morgan fingerprint density at radius 3 is 2.60 bits per heavy atom. The van der Waals surface area contributed by atoms with Gasteiger partial charge in [0.2, 0.25) is 0 Å². The molecule has 0 aliphatic carbocycles. The number of aromatic nitrogens is 4. The highest BCUT2D eigenvalue weighted by atomic mass is 16.5. The van der Waals surface area contributed by atoms with Crippen LogP contribution in [-0.4, -0.2) is 43.3 Å². The molecule has 0 fully saturated rings. The van der Waals surface area contributed by atoms with Gasteiger partial charge in [-0.25, -0.2) is 14.3 Å². The van der Waals surface area contributed by atoms with Crippen molar-refractivity contribution < 1.29 is 19.4 Å². The number of esters is 1. The molecule has 9 heteroatoms. The molecule has 9 nitrogen and oxygen atoms in total. The summed E-state index contributed by atoms with van der Waals surface area (Å²) >= 11 is 0. The van der Waals surface area contributed by atoms with E-state index in [0.717, 1.165) is 0 Å². The van der Waals surface area contributed by atoms with Crippen LogP contribution in [-0.2, 0) is 9.53 Å². The number of methoxy groups -OCH3 is 1. The van der Waals surface area contributed by atoms with E-state index in [1.807, 2.05) is 6.07 Å². The van der Waals surface area contributed by atoms with Gasteiger partial charge in [-0.15, -0.1) is 0 Å².